The average molecular weight is 233 g/mol. The molecular formula is C8H8BBrF2. The summed E-state index contributed by atoms with van der Waals surface area (Å²) in [5, 5.41) is 0. The van der Waals surface area contributed by atoms with Crippen molar-refractivity contribution in [2.45, 2.75) is 13.6 Å². The molecule has 0 aliphatic carbocycles. The first-order valence-corrected chi connectivity index (χ1v) is 4.46. The lowest BCUT2D eigenvalue weighted by Gasteiger charge is -2.05. The quantitative estimate of drug-likeness (QED) is 0.516. The molecule has 12 heavy (non-hydrogen) atoms. The van der Waals surface area contributed by atoms with Gasteiger partial charge in [0.15, 0.2) is 18.3 Å². The van der Waals surface area contributed by atoms with E-state index >= 15 is 0 Å². The summed E-state index contributed by atoms with van der Waals surface area (Å²) < 4.78 is 26.2. The Morgan fingerprint density at radius 3 is 2.25 bits per heavy atom. The molecule has 1 aromatic rings. The monoisotopic (exact) mass is 232 g/mol. The van der Waals surface area contributed by atoms with Crippen LogP contribution in [-0.4, -0.2) is 6.71 Å². The Labute approximate surface area is 79.2 Å². The Morgan fingerprint density at radius 2 is 1.75 bits per heavy atom. The van der Waals surface area contributed by atoms with E-state index in [0.717, 1.165) is 0 Å². The second kappa shape index (κ2) is 3.56. The van der Waals surface area contributed by atoms with E-state index < -0.39 is 11.6 Å². The molecule has 0 saturated carbocycles. The number of benzene rings is 1. The summed E-state index contributed by atoms with van der Waals surface area (Å²) in [5.41, 5.74) is 0.413. The van der Waals surface area contributed by atoms with Gasteiger partial charge >= 0.3 is 0 Å². The van der Waals surface area contributed by atoms with E-state index in [-0.39, 0.29) is 11.2 Å². The third-order valence-corrected chi connectivity index (χ3v) is 2.30. The van der Waals surface area contributed by atoms with Crippen LogP contribution in [0.5, 0.6) is 0 Å². The minimum absolute atomic E-state index is 0.00704. The Kier molecular flexibility index (Phi) is 2.88. The topological polar surface area (TPSA) is 0 Å². The highest BCUT2D eigenvalue weighted by atomic mass is 79.9. The van der Waals surface area contributed by atoms with Crippen molar-refractivity contribution >= 4 is 28.1 Å². The van der Waals surface area contributed by atoms with Gasteiger partial charge in [-0.2, -0.15) is 0 Å². The predicted octanol–water partition coefficient (Wildman–Crippen LogP) is 2.69. The molecule has 0 aliphatic rings. The van der Waals surface area contributed by atoms with Gasteiger partial charge in [0, 0.05) is 0 Å². The maximum absolute atomic E-state index is 13.1. The maximum atomic E-state index is 13.1. The van der Waals surface area contributed by atoms with E-state index in [1.54, 1.807) is 6.07 Å². The molecule has 0 aromatic heterocycles. The molecule has 0 saturated heterocycles. The van der Waals surface area contributed by atoms with E-state index in [0.29, 0.717) is 5.46 Å². The fourth-order valence-electron chi connectivity index (χ4n) is 0.987. The normalized spacial score (nSPS) is 10.1. The van der Waals surface area contributed by atoms with Gasteiger partial charge in [-0.15, -0.1) is 0 Å². The molecule has 0 amide bonds. The van der Waals surface area contributed by atoms with Crippen molar-refractivity contribution in [1.29, 1.82) is 0 Å². The lowest BCUT2D eigenvalue weighted by Crippen LogP contribution is -2.27. The highest BCUT2D eigenvalue weighted by Gasteiger charge is 2.15. The second-order valence-electron chi connectivity index (χ2n) is 2.92. The SMILES string of the molecule is CB(C)c1ccc(Br)c(F)c1F. The molecule has 1 aromatic carbocycles. The van der Waals surface area contributed by atoms with Crippen molar-refractivity contribution in [3.05, 3.63) is 28.2 Å². The van der Waals surface area contributed by atoms with E-state index in [1.807, 2.05) is 13.6 Å². The van der Waals surface area contributed by atoms with Gasteiger partial charge in [0.2, 0.25) is 0 Å². The molecular weight excluding hydrogens is 225 g/mol. The van der Waals surface area contributed by atoms with Crippen LogP contribution in [0.25, 0.3) is 0 Å². The fourth-order valence-corrected chi connectivity index (χ4v) is 1.29. The third kappa shape index (κ3) is 1.68. The van der Waals surface area contributed by atoms with Crippen LogP contribution < -0.4 is 5.46 Å². The minimum atomic E-state index is -0.804. The zero-order chi connectivity index (χ0) is 9.30. The van der Waals surface area contributed by atoms with Gasteiger partial charge < -0.3 is 0 Å². The van der Waals surface area contributed by atoms with Crippen molar-refractivity contribution < 1.29 is 8.78 Å². The lowest BCUT2D eigenvalue weighted by molar-refractivity contribution is 0.509. The summed E-state index contributed by atoms with van der Waals surface area (Å²) in [6.45, 7) is 3.66. The van der Waals surface area contributed by atoms with Crippen molar-refractivity contribution in [3.8, 4) is 0 Å². The summed E-state index contributed by atoms with van der Waals surface area (Å²) in [5.74, 6) is -1.56. The van der Waals surface area contributed by atoms with Crippen LogP contribution in [0.15, 0.2) is 16.6 Å². The number of rotatable bonds is 1. The predicted molar refractivity (Wildman–Crippen MR) is 51.2 cm³/mol. The largest absolute Gasteiger partial charge is 0.204 e. The molecule has 0 bridgehead atoms. The Morgan fingerprint density at radius 1 is 1.17 bits per heavy atom. The summed E-state index contributed by atoms with van der Waals surface area (Å²) in [6.07, 6.45) is 0. The van der Waals surface area contributed by atoms with Crippen LogP contribution in [0, 0.1) is 11.6 Å². The number of halogens is 3. The summed E-state index contributed by atoms with van der Waals surface area (Å²) in [6, 6.07) is 3.11. The van der Waals surface area contributed by atoms with Gasteiger partial charge in [-0.25, -0.2) is 8.78 Å². The van der Waals surface area contributed by atoms with Crippen molar-refractivity contribution in [2.75, 3.05) is 0 Å². The van der Waals surface area contributed by atoms with Crippen LogP contribution in [-0.2, 0) is 0 Å². The molecule has 0 aliphatic heterocycles. The van der Waals surface area contributed by atoms with Crippen LogP contribution >= 0.6 is 15.9 Å². The molecule has 0 heterocycles. The standard InChI is InChI=1S/C8H8BBrF2/c1-9(2)5-3-4-6(10)8(12)7(5)11/h3-4H,1-2H3. The third-order valence-electron chi connectivity index (χ3n) is 1.69. The highest BCUT2D eigenvalue weighted by molar-refractivity contribution is 9.10. The molecule has 0 spiro atoms. The first-order valence-electron chi connectivity index (χ1n) is 3.67. The lowest BCUT2D eigenvalue weighted by atomic mass is 9.49. The molecule has 0 unspecified atom stereocenters. The number of hydrogen-bond donors (Lipinski definition) is 0. The fraction of sp³-hybridized carbons (Fsp3) is 0.250. The van der Waals surface area contributed by atoms with Crippen molar-refractivity contribution in [2.24, 2.45) is 0 Å². The Bertz CT molecular complexity index is 299. The zero-order valence-electron chi connectivity index (χ0n) is 6.87. The van der Waals surface area contributed by atoms with Gasteiger partial charge in [-0.1, -0.05) is 19.7 Å². The summed E-state index contributed by atoms with van der Waals surface area (Å²) >= 11 is 2.91. The second-order valence-corrected chi connectivity index (χ2v) is 3.77. The molecule has 0 nitrogen and oxygen atoms in total. The highest BCUT2D eigenvalue weighted by Crippen LogP contribution is 2.16. The number of hydrogen-bond acceptors (Lipinski definition) is 0. The van der Waals surface area contributed by atoms with E-state index in [4.69, 9.17) is 0 Å². The minimum Gasteiger partial charge on any atom is -0.204 e. The molecule has 0 N–H and O–H groups in total. The maximum Gasteiger partial charge on any atom is 0.173 e. The van der Waals surface area contributed by atoms with Crippen molar-refractivity contribution in [1.82, 2.24) is 0 Å². The first-order chi connectivity index (χ1) is 5.54. The Hall–Kier alpha value is -0.375. The average Bonchev–Trinajstić information content (AvgIpc) is 2.00. The summed E-state index contributed by atoms with van der Waals surface area (Å²) in [4.78, 5) is 0. The summed E-state index contributed by atoms with van der Waals surface area (Å²) in [7, 11) is 0. The zero-order valence-corrected chi connectivity index (χ0v) is 8.45. The first kappa shape index (κ1) is 9.71. The molecule has 0 fully saturated rings. The van der Waals surface area contributed by atoms with Gasteiger partial charge in [0.05, 0.1) is 4.47 Å². The molecule has 64 valence electrons. The molecule has 4 heteroatoms. The van der Waals surface area contributed by atoms with Crippen LogP contribution in [0.3, 0.4) is 0 Å². The van der Waals surface area contributed by atoms with Crippen LogP contribution in [0.2, 0.25) is 13.6 Å². The van der Waals surface area contributed by atoms with Gasteiger partial charge in [-0.05, 0) is 27.5 Å². The van der Waals surface area contributed by atoms with E-state index in [1.165, 1.54) is 6.07 Å². The molecule has 1 rings (SSSR count). The van der Waals surface area contributed by atoms with Gasteiger partial charge in [-0.3, -0.25) is 0 Å². The van der Waals surface area contributed by atoms with Crippen molar-refractivity contribution in [3.63, 3.8) is 0 Å². The Balaban J connectivity index is 3.27. The van der Waals surface area contributed by atoms with Gasteiger partial charge in [0.1, 0.15) is 0 Å². The molecule has 0 atom stereocenters. The van der Waals surface area contributed by atoms with Crippen LogP contribution in [0.4, 0.5) is 8.78 Å². The van der Waals surface area contributed by atoms with E-state index in [2.05, 4.69) is 15.9 Å². The van der Waals surface area contributed by atoms with E-state index in [9.17, 15) is 8.78 Å². The van der Waals surface area contributed by atoms with Gasteiger partial charge in [0.25, 0.3) is 0 Å². The van der Waals surface area contributed by atoms with Crippen LogP contribution in [0.1, 0.15) is 0 Å². The molecule has 0 radical (unpaired) electrons. The smallest absolute Gasteiger partial charge is 0.173 e.